The Morgan fingerprint density at radius 1 is 1.39 bits per heavy atom. The smallest absolute Gasteiger partial charge is 0.416 e. The predicted molar refractivity (Wildman–Crippen MR) is 62.9 cm³/mol. The number of imide groups is 1. The van der Waals surface area contributed by atoms with Crippen LogP contribution in [0.15, 0.2) is 24.3 Å². The molecule has 0 aromatic heterocycles. The fourth-order valence-electron chi connectivity index (χ4n) is 1.56. The molecule has 1 heterocycles. The Labute approximate surface area is 104 Å². The molecule has 0 saturated carbocycles. The minimum Gasteiger partial charge on any atom is -0.484 e. The van der Waals surface area contributed by atoms with Crippen LogP contribution in [0.3, 0.4) is 0 Å². The van der Waals surface area contributed by atoms with Gasteiger partial charge >= 0.3 is 6.09 Å². The molecule has 1 aliphatic heterocycles. The summed E-state index contributed by atoms with van der Waals surface area (Å²) in [5.41, 5.74) is 6.45. The van der Waals surface area contributed by atoms with Crippen LogP contribution in [0.5, 0.6) is 5.75 Å². The Morgan fingerprint density at radius 2 is 2.11 bits per heavy atom. The summed E-state index contributed by atoms with van der Waals surface area (Å²) >= 11 is 0. The molecule has 2 rings (SSSR count). The van der Waals surface area contributed by atoms with E-state index in [-0.39, 0.29) is 19.8 Å². The van der Waals surface area contributed by atoms with Crippen molar-refractivity contribution in [3.8, 4) is 5.75 Å². The van der Waals surface area contributed by atoms with Crippen LogP contribution in [0, 0.1) is 0 Å². The zero-order valence-corrected chi connectivity index (χ0v) is 9.80. The zero-order valence-electron chi connectivity index (χ0n) is 9.80. The summed E-state index contributed by atoms with van der Waals surface area (Å²) in [5.74, 6) is 0.161. The molecule has 1 fully saturated rings. The van der Waals surface area contributed by atoms with Gasteiger partial charge in [0.1, 0.15) is 12.4 Å². The van der Waals surface area contributed by atoms with Crippen molar-refractivity contribution in [2.24, 2.45) is 5.73 Å². The normalized spacial score (nSPS) is 14.5. The summed E-state index contributed by atoms with van der Waals surface area (Å²) in [6, 6.07) is 7.11. The largest absolute Gasteiger partial charge is 0.484 e. The Hall–Kier alpha value is -2.08. The van der Waals surface area contributed by atoms with Crippen LogP contribution in [0.1, 0.15) is 5.56 Å². The van der Waals surface area contributed by atoms with E-state index in [1.165, 1.54) is 0 Å². The first-order valence-corrected chi connectivity index (χ1v) is 5.59. The van der Waals surface area contributed by atoms with Crippen LogP contribution in [-0.4, -0.2) is 36.7 Å². The van der Waals surface area contributed by atoms with E-state index in [1.54, 1.807) is 12.1 Å². The van der Waals surface area contributed by atoms with Crippen LogP contribution >= 0.6 is 0 Å². The van der Waals surface area contributed by atoms with E-state index >= 15 is 0 Å². The van der Waals surface area contributed by atoms with Crippen molar-refractivity contribution >= 4 is 12.0 Å². The molecule has 0 aliphatic carbocycles. The third-order valence-electron chi connectivity index (χ3n) is 2.58. The number of nitrogens with two attached hydrogens (primary N) is 1. The molecule has 0 atom stereocenters. The first kappa shape index (κ1) is 12.4. The minimum absolute atomic E-state index is 0.183. The molecule has 2 N–H and O–H groups in total. The number of cyclic esters (lactones) is 1. The predicted octanol–water partition coefficient (Wildman–Crippen LogP) is 0.503. The van der Waals surface area contributed by atoms with Gasteiger partial charge in [-0.05, 0) is 17.7 Å². The lowest BCUT2D eigenvalue weighted by Crippen LogP contribution is -2.35. The number of carbonyl (C=O) groups excluding carboxylic acids is 2. The monoisotopic (exact) mass is 250 g/mol. The van der Waals surface area contributed by atoms with Crippen molar-refractivity contribution in [2.45, 2.75) is 6.54 Å². The molecule has 96 valence electrons. The van der Waals surface area contributed by atoms with Crippen LogP contribution in [0.2, 0.25) is 0 Å². The summed E-state index contributed by atoms with van der Waals surface area (Å²) in [4.78, 5) is 23.8. The van der Waals surface area contributed by atoms with Crippen LogP contribution in [-0.2, 0) is 16.1 Å². The maximum absolute atomic E-state index is 11.6. The van der Waals surface area contributed by atoms with Crippen molar-refractivity contribution in [3.05, 3.63) is 29.8 Å². The maximum atomic E-state index is 11.6. The SMILES string of the molecule is NCc1ccc(OCC(=O)N2CCOC2=O)cc1. The Balaban J connectivity index is 1.86. The number of hydrogen-bond acceptors (Lipinski definition) is 5. The highest BCUT2D eigenvalue weighted by atomic mass is 16.6. The molecule has 2 amide bonds. The van der Waals surface area contributed by atoms with Gasteiger partial charge in [-0.1, -0.05) is 12.1 Å². The second kappa shape index (κ2) is 5.50. The van der Waals surface area contributed by atoms with Gasteiger partial charge in [-0.2, -0.15) is 0 Å². The highest BCUT2D eigenvalue weighted by Crippen LogP contribution is 2.12. The lowest BCUT2D eigenvalue weighted by molar-refractivity contribution is -0.129. The van der Waals surface area contributed by atoms with Crippen molar-refractivity contribution in [2.75, 3.05) is 19.8 Å². The average molecular weight is 250 g/mol. The third kappa shape index (κ3) is 2.78. The first-order chi connectivity index (χ1) is 8.70. The number of ether oxygens (including phenoxy) is 2. The maximum Gasteiger partial charge on any atom is 0.416 e. The van der Waals surface area contributed by atoms with Crippen molar-refractivity contribution in [1.82, 2.24) is 4.90 Å². The summed E-state index contributed by atoms with van der Waals surface area (Å²) in [5, 5.41) is 0. The Kier molecular flexibility index (Phi) is 3.78. The molecule has 0 spiro atoms. The molecule has 1 aliphatic rings. The molecule has 0 radical (unpaired) electrons. The van der Waals surface area contributed by atoms with Gasteiger partial charge in [0.2, 0.25) is 0 Å². The summed E-state index contributed by atoms with van der Waals surface area (Å²) in [6.45, 7) is 0.804. The molecule has 6 heteroatoms. The molecule has 0 bridgehead atoms. The fourth-order valence-corrected chi connectivity index (χ4v) is 1.56. The van der Waals surface area contributed by atoms with E-state index in [4.69, 9.17) is 10.5 Å². The standard InChI is InChI=1S/C12H14N2O4/c13-7-9-1-3-10(4-2-9)18-8-11(15)14-5-6-17-12(14)16/h1-4H,5-8,13H2. The topological polar surface area (TPSA) is 81.9 Å². The first-order valence-electron chi connectivity index (χ1n) is 5.59. The number of benzene rings is 1. The van der Waals surface area contributed by atoms with Gasteiger partial charge in [-0.3, -0.25) is 4.79 Å². The van der Waals surface area contributed by atoms with Crippen molar-refractivity contribution < 1.29 is 19.1 Å². The van der Waals surface area contributed by atoms with E-state index in [9.17, 15) is 9.59 Å². The molecule has 0 unspecified atom stereocenters. The molecular weight excluding hydrogens is 236 g/mol. The summed E-state index contributed by atoms with van der Waals surface area (Å²) in [7, 11) is 0. The van der Waals surface area contributed by atoms with E-state index in [1.807, 2.05) is 12.1 Å². The van der Waals surface area contributed by atoms with Gasteiger partial charge in [-0.25, -0.2) is 9.69 Å². The summed E-state index contributed by atoms with van der Waals surface area (Å²) < 4.78 is 9.95. The van der Waals surface area contributed by atoms with Crippen LogP contribution < -0.4 is 10.5 Å². The number of nitrogens with zero attached hydrogens (tertiary/aromatic N) is 1. The van der Waals surface area contributed by atoms with Gasteiger partial charge in [0, 0.05) is 6.54 Å². The average Bonchev–Trinajstić information content (AvgIpc) is 2.83. The lowest BCUT2D eigenvalue weighted by atomic mass is 10.2. The second-order valence-corrected chi connectivity index (χ2v) is 3.80. The number of carbonyl (C=O) groups is 2. The molecule has 1 aromatic rings. The number of hydrogen-bond donors (Lipinski definition) is 1. The number of rotatable bonds is 4. The minimum atomic E-state index is -0.609. The van der Waals surface area contributed by atoms with E-state index in [0.29, 0.717) is 12.3 Å². The molecular formula is C12H14N2O4. The third-order valence-corrected chi connectivity index (χ3v) is 2.58. The summed E-state index contributed by atoms with van der Waals surface area (Å²) in [6.07, 6.45) is -0.609. The lowest BCUT2D eigenvalue weighted by Gasteiger charge is -2.11. The van der Waals surface area contributed by atoms with E-state index in [2.05, 4.69) is 4.74 Å². The fraction of sp³-hybridized carbons (Fsp3) is 0.333. The Bertz CT molecular complexity index is 444. The second-order valence-electron chi connectivity index (χ2n) is 3.80. The highest BCUT2D eigenvalue weighted by molar-refractivity contribution is 5.93. The highest BCUT2D eigenvalue weighted by Gasteiger charge is 2.28. The van der Waals surface area contributed by atoms with Gasteiger partial charge in [0.25, 0.3) is 5.91 Å². The Morgan fingerprint density at radius 3 is 2.67 bits per heavy atom. The molecule has 18 heavy (non-hydrogen) atoms. The van der Waals surface area contributed by atoms with Gasteiger partial charge in [0.05, 0.1) is 6.54 Å². The quantitative estimate of drug-likeness (QED) is 0.841. The van der Waals surface area contributed by atoms with Crippen molar-refractivity contribution in [1.29, 1.82) is 0 Å². The van der Waals surface area contributed by atoms with E-state index in [0.717, 1.165) is 10.5 Å². The van der Waals surface area contributed by atoms with Crippen LogP contribution in [0.4, 0.5) is 4.79 Å². The van der Waals surface area contributed by atoms with E-state index < -0.39 is 12.0 Å². The van der Waals surface area contributed by atoms with Gasteiger partial charge < -0.3 is 15.2 Å². The zero-order chi connectivity index (χ0) is 13.0. The molecule has 1 saturated heterocycles. The van der Waals surface area contributed by atoms with Gasteiger partial charge in [-0.15, -0.1) is 0 Å². The van der Waals surface area contributed by atoms with Crippen LogP contribution in [0.25, 0.3) is 0 Å². The molecule has 6 nitrogen and oxygen atoms in total. The number of amides is 2. The van der Waals surface area contributed by atoms with Gasteiger partial charge in [0.15, 0.2) is 6.61 Å². The molecule has 1 aromatic carbocycles. The van der Waals surface area contributed by atoms with Crippen molar-refractivity contribution in [3.63, 3.8) is 0 Å².